The van der Waals surface area contributed by atoms with Gasteiger partial charge in [0.15, 0.2) is 0 Å². The highest BCUT2D eigenvalue weighted by Gasteiger charge is 2.14. The van der Waals surface area contributed by atoms with Crippen LogP contribution in [-0.4, -0.2) is 39.2 Å². The van der Waals surface area contributed by atoms with Gasteiger partial charge in [-0.15, -0.1) is 0 Å². The summed E-state index contributed by atoms with van der Waals surface area (Å²) in [7, 11) is 3.04. The highest BCUT2D eigenvalue weighted by Crippen LogP contribution is 2.28. The predicted octanol–water partition coefficient (Wildman–Crippen LogP) is 2.47. The van der Waals surface area contributed by atoms with Gasteiger partial charge in [0.25, 0.3) is 5.91 Å². The second kappa shape index (κ2) is 9.31. The molecule has 138 valence electrons. The molecule has 2 amide bonds. The van der Waals surface area contributed by atoms with Crippen LogP contribution in [0.5, 0.6) is 17.2 Å². The molecule has 0 aliphatic rings. The smallest absolute Gasteiger partial charge is 0.255 e. The van der Waals surface area contributed by atoms with Crippen LogP contribution in [0.25, 0.3) is 0 Å². The zero-order chi connectivity index (χ0) is 18.9. The van der Waals surface area contributed by atoms with E-state index in [0.29, 0.717) is 35.1 Å². The van der Waals surface area contributed by atoms with Crippen LogP contribution in [0.4, 0.5) is 5.69 Å². The van der Waals surface area contributed by atoms with Crippen molar-refractivity contribution in [1.29, 1.82) is 0 Å². The molecule has 0 heterocycles. The van der Waals surface area contributed by atoms with Crippen molar-refractivity contribution >= 4 is 17.5 Å². The summed E-state index contributed by atoms with van der Waals surface area (Å²) in [5.74, 6) is 0.790. The number of carbonyl (C=O) groups is 2. The van der Waals surface area contributed by atoms with Crippen LogP contribution in [0.1, 0.15) is 17.3 Å². The summed E-state index contributed by atoms with van der Waals surface area (Å²) in [5, 5.41) is 5.28. The molecule has 0 saturated heterocycles. The Bertz CT molecular complexity index is 776. The Hall–Kier alpha value is -3.22. The molecule has 2 aromatic carbocycles. The van der Waals surface area contributed by atoms with E-state index in [1.165, 1.54) is 7.11 Å². The van der Waals surface area contributed by atoms with E-state index in [0.717, 1.165) is 0 Å². The van der Waals surface area contributed by atoms with Crippen molar-refractivity contribution in [2.45, 2.75) is 6.92 Å². The Morgan fingerprint density at radius 3 is 2.46 bits per heavy atom. The number of hydrogen-bond donors (Lipinski definition) is 2. The lowest BCUT2D eigenvalue weighted by Gasteiger charge is -2.13. The van der Waals surface area contributed by atoms with E-state index in [2.05, 4.69) is 10.6 Å². The largest absolute Gasteiger partial charge is 0.497 e. The normalized spacial score (nSPS) is 9.96. The zero-order valence-corrected chi connectivity index (χ0v) is 15.0. The summed E-state index contributed by atoms with van der Waals surface area (Å²) in [6, 6.07) is 11.9. The van der Waals surface area contributed by atoms with Crippen molar-refractivity contribution in [2.24, 2.45) is 0 Å². The Balaban J connectivity index is 1.98. The van der Waals surface area contributed by atoms with Crippen molar-refractivity contribution in [1.82, 2.24) is 5.32 Å². The molecule has 0 aliphatic carbocycles. The molecule has 7 nitrogen and oxygen atoms in total. The summed E-state index contributed by atoms with van der Waals surface area (Å²) in [6.07, 6.45) is 0. The van der Waals surface area contributed by atoms with Gasteiger partial charge in [0.1, 0.15) is 17.2 Å². The van der Waals surface area contributed by atoms with Gasteiger partial charge in [-0.3, -0.25) is 9.59 Å². The van der Waals surface area contributed by atoms with Crippen LogP contribution in [0, 0.1) is 0 Å². The predicted molar refractivity (Wildman–Crippen MR) is 98.1 cm³/mol. The van der Waals surface area contributed by atoms with Gasteiger partial charge in [-0.2, -0.15) is 0 Å². The van der Waals surface area contributed by atoms with Gasteiger partial charge in [-0.25, -0.2) is 0 Å². The average molecular weight is 358 g/mol. The molecule has 26 heavy (non-hydrogen) atoms. The lowest BCUT2D eigenvalue weighted by molar-refractivity contribution is -0.115. The van der Waals surface area contributed by atoms with Crippen molar-refractivity contribution in [2.75, 3.05) is 32.7 Å². The quantitative estimate of drug-likeness (QED) is 0.757. The molecule has 0 atom stereocenters. The fraction of sp³-hybridized carbons (Fsp3) is 0.263. The van der Waals surface area contributed by atoms with Crippen LogP contribution in [-0.2, 0) is 4.79 Å². The molecule has 0 unspecified atom stereocenters. The summed E-state index contributed by atoms with van der Waals surface area (Å²) < 4.78 is 15.8. The Morgan fingerprint density at radius 1 is 1.00 bits per heavy atom. The topological polar surface area (TPSA) is 85.9 Å². The monoisotopic (exact) mass is 358 g/mol. The number of methoxy groups -OCH3 is 2. The van der Waals surface area contributed by atoms with Crippen LogP contribution >= 0.6 is 0 Å². The van der Waals surface area contributed by atoms with Crippen LogP contribution in [0.2, 0.25) is 0 Å². The lowest BCUT2D eigenvalue weighted by atomic mass is 10.2. The number of ether oxygens (including phenoxy) is 3. The second-order valence-electron chi connectivity index (χ2n) is 5.23. The third-order valence-corrected chi connectivity index (χ3v) is 3.52. The fourth-order valence-corrected chi connectivity index (χ4v) is 2.29. The molecule has 0 bridgehead atoms. The van der Waals surface area contributed by atoms with E-state index in [9.17, 15) is 9.59 Å². The van der Waals surface area contributed by atoms with Gasteiger partial charge in [0.05, 0.1) is 38.6 Å². The molecule has 0 saturated carbocycles. The molecular weight excluding hydrogens is 336 g/mol. The number of amides is 2. The maximum atomic E-state index is 12.3. The van der Waals surface area contributed by atoms with E-state index in [4.69, 9.17) is 14.2 Å². The van der Waals surface area contributed by atoms with Gasteiger partial charge in [0.2, 0.25) is 5.91 Å². The zero-order valence-electron chi connectivity index (χ0n) is 15.0. The Labute approximate surface area is 152 Å². The minimum Gasteiger partial charge on any atom is -0.497 e. The SMILES string of the molecule is CCOc1ccccc1C(=O)NCC(=O)Nc1ccc(OC)cc1OC. The molecule has 2 aromatic rings. The second-order valence-corrected chi connectivity index (χ2v) is 5.23. The first-order valence-electron chi connectivity index (χ1n) is 8.11. The number of rotatable bonds is 8. The summed E-state index contributed by atoms with van der Waals surface area (Å²) >= 11 is 0. The third-order valence-electron chi connectivity index (χ3n) is 3.52. The minimum absolute atomic E-state index is 0.186. The molecule has 2 N–H and O–H groups in total. The number of benzene rings is 2. The Kier molecular flexibility index (Phi) is 6.84. The minimum atomic E-state index is -0.383. The molecule has 0 spiro atoms. The standard InChI is InChI=1S/C19H22N2O5/c1-4-26-16-8-6-5-7-14(16)19(23)20-12-18(22)21-15-10-9-13(24-2)11-17(15)25-3/h5-11H,4,12H2,1-3H3,(H,20,23)(H,21,22). The maximum Gasteiger partial charge on any atom is 0.255 e. The molecule has 0 aromatic heterocycles. The number of hydrogen-bond acceptors (Lipinski definition) is 5. The van der Waals surface area contributed by atoms with E-state index in [1.807, 2.05) is 6.92 Å². The third kappa shape index (κ3) is 4.89. The van der Waals surface area contributed by atoms with Crippen molar-refractivity contribution in [3.63, 3.8) is 0 Å². The average Bonchev–Trinajstić information content (AvgIpc) is 2.67. The van der Waals surface area contributed by atoms with Gasteiger partial charge in [-0.05, 0) is 31.2 Å². The van der Waals surface area contributed by atoms with Gasteiger partial charge >= 0.3 is 0 Å². The fourth-order valence-electron chi connectivity index (χ4n) is 2.29. The first-order valence-corrected chi connectivity index (χ1v) is 8.11. The van der Waals surface area contributed by atoms with Crippen molar-refractivity contribution in [3.8, 4) is 17.2 Å². The van der Waals surface area contributed by atoms with Crippen LogP contribution < -0.4 is 24.8 Å². The highest BCUT2D eigenvalue weighted by atomic mass is 16.5. The van der Waals surface area contributed by atoms with E-state index in [1.54, 1.807) is 49.6 Å². The van der Waals surface area contributed by atoms with Crippen LogP contribution in [0.3, 0.4) is 0 Å². The first-order chi connectivity index (χ1) is 12.6. The molecular formula is C19H22N2O5. The van der Waals surface area contributed by atoms with E-state index < -0.39 is 0 Å². The summed E-state index contributed by atoms with van der Waals surface area (Å²) in [4.78, 5) is 24.4. The lowest BCUT2D eigenvalue weighted by Crippen LogP contribution is -2.33. The molecule has 0 fully saturated rings. The van der Waals surface area contributed by atoms with Crippen molar-refractivity contribution < 1.29 is 23.8 Å². The van der Waals surface area contributed by atoms with E-state index in [-0.39, 0.29) is 18.4 Å². The number of carbonyl (C=O) groups excluding carboxylic acids is 2. The summed E-state index contributed by atoms with van der Waals surface area (Å²) in [5.41, 5.74) is 0.867. The molecule has 2 rings (SSSR count). The van der Waals surface area contributed by atoms with Gasteiger partial charge < -0.3 is 24.8 Å². The number of para-hydroxylation sites is 1. The molecule has 7 heteroatoms. The van der Waals surface area contributed by atoms with Crippen molar-refractivity contribution in [3.05, 3.63) is 48.0 Å². The van der Waals surface area contributed by atoms with Gasteiger partial charge in [0, 0.05) is 6.07 Å². The summed E-state index contributed by atoms with van der Waals surface area (Å²) in [6.45, 7) is 2.10. The van der Waals surface area contributed by atoms with Crippen LogP contribution in [0.15, 0.2) is 42.5 Å². The highest BCUT2D eigenvalue weighted by molar-refractivity contribution is 6.01. The number of anilines is 1. The molecule has 0 radical (unpaired) electrons. The molecule has 0 aliphatic heterocycles. The first kappa shape index (κ1) is 19.1. The van der Waals surface area contributed by atoms with Gasteiger partial charge in [-0.1, -0.05) is 12.1 Å². The Morgan fingerprint density at radius 2 is 1.77 bits per heavy atom. The number of nitrogens with one attached hydrogen (secondary N) is 2. The van der Waals surface area contributed by atoms with E-state index >= 15 is 0 Å². The maximum absolute atomic E-state index is 12.3.